The van der Waals surface area contributed by atoms with Crippen molar-refractivity contribution in [2.24, 2.45) is 46.3 Å². The average molecular weight is 405 g/mol. The van der Waals surface area contributed by atoms with Crippen LogP contribution in [0.25, 0.3) is 0 Å². The number of aliphatic hydroxyl groups is 2. The van der Waals surface area contributed by atoms with Gasteiger partial charge in [-0.05, 0) is 123 Å². The molecule has 1 aliphatic heterocycles. The Kier molecular flexibility index (Phi) is 5.57. The summed E-state index contributed by atoms with van der Waals surface area (Å²) in [5, 5.41) is 21.3. The molecule has 0 aromatic heterocycles. The Balaban J connectivity index is 1.29. The largest absolute Gasteiger partial charge is 0.393 e. The first-order valence-electron chi connectivity index (χ1n) is 12.9. The average Bonchev–Trinajstić information content (AvgIpc) is 3.05. The first kappa shape index (κ1) is 20.8. The molecule has 0 amide bonds. The molecule has 4 aliphatic carbocycles. The van der Waals surface area contributed by atoms with E-state index in [1.54, 1.807) is 0 Å². The molecule has 5 fully saturated rings. The number of hydrogen-bond acceptors (Lipinski definition) is 3. The lowest BCUT2D eigenvalue weighted by Crippen LogP contribution is -2.54. The maximum absolute atomic E-state index is 11.0. The van der Waals surface area contributed by atoms with Crippen LogP contribution in [0.1, 0.15) is 90.9 Å². The third kappa shape index (κ3) is 3.42. The summed E-state index contributed by atoms with van der Waals surface area (Å²) in [4.78, 5) is 0. The molecule has 9 atom stereocenters. The second kappa shape index (κ2) is 7.78. The van der Waals surface area contributed by atoms with E-state index in [0.717, 1.165) is 69.0 Å². The number of fused-ring (bicyclic) bond motifs is 5. The number of hydrogen-bond donors (Lipinski definition) is 2. The zero-order chi connectivity index (χ0) is 20.2. The lowest BCUT2D eigenvalue weighted by molar-refractivity contribution is -0.129. The first-order valence-corrected chi connectivity index (χ1v) is 12.9. The fourth-order valence-electron chi connectivity index (χ4n) is 9.32. The van der Waals surface area contributed by atoms with Gasteiger partial charge in [0.25, 0.3) is 0 Å². The quantitative estimate of drug-likeness (QED) is 0.681. The van der Waals surface area contributed by atoms with Gasteiger partial charge in [0.15, 0.2) is 0 Å². The number of aliphatic hydroxyl groups excluding tert-OH is 2. The van der Waals surface area contributed by atoms with Gasteiger partial charge in [0, 0.05) is 13.2 Å². The van der Waals surface area contributed by atoms with E-state index in [1.165, 1.54) is 44.9 Å². The molecule has 0 radical (unpaired) electrons. The van der Waals surface area contributed by atoms with Crippen LogP contribution < -0.4 is 0 Å². The van der Waals surface area contributed by atoms with Crippen LogP contribution in [0, 0.1) is 46.3 Å². The van der Waals surface area contributed by atoms with Gasteiger partial charge >= 0.3 is 0 Å². The van der Waals surface area contributed by atoms with E-state index in [4.69, 9.17) is 4.74 Å². The van der Waals surface area contributed by atoms with Gasteiger partial charge in [-0.15, -0.1) is 0 Å². The summed E-state index contributed by atoms with van der Waals surface area (Å²) in [6.45, 7) is 6.86. The normalized spacial score (nSPS) is 51.7. The second-order valence-electron chi connectivity index (χ2n) is 12.2. The minimum absolute atomic E-state index is 0.0407. The van der Waals surface area contributed by atoms with Crippen molar-refractivity contribution in [3.05, 3.63) is 0 Å². The van der Waals surface area contributed by atoms with E-state index in [0.29, 0.717) is 22.7 Å². The van der Waals surface area contributed by atoms with Gasteiger partial charge in [-0.2, -0.15) is 0 Å². The molecule has 0 spiro atoms. The van der Waals surface area contributed by atoms with Crippen LogP contribution in [0.15, 0.2) is 0 Å². The summed E-state index contributed by atoms with van der Waals surface area (Å²) in [5.74, 6) is 4.58. The van der Waals surface area contributed by atoms with Gasteiger partial charge in [0.2, 0.25) is 0 Å². The van der Waals surface area contributed by atoms with Crippen LogP contribution >= 0.6 is 0 Å². The maximum Gasteiger partial charge on any atom is 0.0572 e. The summed E-state index contributed by atoms with van der Waals surface area (Å²) < 4.78 is 5.52. The van der Waals surface area contributed by atoms with Gasteiger partial charge in [0.1, 0.15) is 0 Å². The van der Waals surface area contributed by atoms with Crippen LogP contribution in [0.5, 0.6) is 0 Å². The highest BCUT2D eigenvalue weighted by molar-refractivity contribution is 5.09. The molecular weight excluding hydrogens is 360 g/mol. The smallest absolute Gasteiger partial charge is 0.0572 e. The van der Waals surface area contributed by atoms with Crippen molar-refractivity contribution in [2.45, 2.75) is 103 Å². The minimum Gasteiger partial charge on any atom is -0.393 e. The minimum atomic E-state index is -0.120. The van der Waals surface area contributed by atoms with Gasteiger partial charge in [-0.25, -0.2) is 0 Å². The zero-order valence-corrected chi connectivity index (χ0v) is 18.8. The molecule has 3 heteroatoms. The molecule has 2 N–H and O–H groups in total. The highest BCUT2D eigenvalue weighted by Gasteiger charge is 2.60. The van der Waals surface area contributed by atoms with E-state index < -0.39 is 0 Å². The molecule has 0 aromatic carbocycles. The lowest BCUT2D eigenvalue weighted by Gasteiger charge is -2.61. The molecule has 1 heterocycles. The molecular formula is C26H44O3. The lowest BCUT2D eigenvalue weighted by atomic mass is 9.44. The van der Waals surface area contributed by atoms with E-state index in [-0.39, 0.29) is 12.2 Å². The van der Waals surface area contributed by atoms with E-state index in [1.807, 2.05) is 0 Å². The summed E-state index contributed by atoms with van der Waals surface area (Å²) in [5.41, 5.74) is 0.924. The Hall–Kier alpha value is -0.120. The molecule has 29 heavy (non-hydrogen) atoms. The van der Waals surface area contributed by atoms with Crippen molar-refractivity contribution >= 4 is 0 Å². The molecule has 0 bridgehead atoms. The molecule has 3 nitrogen and oxygen atoms in total. The Labute approximate surface area is 178 Å². The Morgan fingerprint density at radius 3 is 2.38 bits per heavy atom. The van der Waals surface area contributed by atoms with Crippen LogP contribution in [0.3, 0.4) is 0 Å². The van der Waals surface area contributed by atoms with Crippen molar-refractivity contribution in [1.82, 2.24) is 0 Å². The SMILES string of the molecule is CC12CCC(O)CC1CCC1C2CCC2(C)C1CC[C@@H]2CC(O)C1CCOCC1. The highest BCUT2D eigenvalue weighted by atomic mass is 16.5. The van der Waals surface area contributed by atoms with Crippen molar-refractivity contribution in [3.63, 3.8) is 0 Å². The number of rotatable bonds is 3. The monoisotopic (exact) mass is 404 g/mol. The predicted molar refractivity (Wildman–Crippen MR) is 115 cm³/mol. The topological polar surface area (TPSA) is 49.7 Å². The van der Waals surface area contributed by atoms with E-state index >= 15 is 0 Å². The van der Waals surface area contributed by atoms with Gasteiger partial charge in [0.05, 0.1) is 12.2 Å². The summed E-state index contributed by atoms with van der Waals surface area (Å²) in [6, 6.07) is 0. The maximum atomic E-state index is 11.0. The fraction of sp³-hybridized carbons (Fsp3) is 1.00. The van der Waals surface area contributed by atoms with Crippen LogP contribution in [0.2, 0.25) is 0 Å². The number of ether oxygens (including phenoxy) is 1. The molecule has 5 aliphatic rings. The van der Waals surface area contributed by atoms with Gasteiger partial charge in [-0.3, -0.25) is 0 Å². The van der Waals surface area contributed by atoms with Crippen LogP contribution in [0.4, 0.5) is 0 Å². The first-order chi connectivity index (χ1) is 13.9. The standard InChI is InChI=1S/C26H44O3/c1-25-11-7-20(27)15-18(25)3-5-21-22-6-4-19(26(22,2)12-8-23(21)25)16-24(28)17-9-13-29-14-10-17/h17-24,27-28H,3-16H2,1-2H3/t18?,19-,20?,21?,22?,23?,24?,25?,26?/m1/s1. The molecule has 1 saturated heterocycles. The Morgan fingerprint density at radius 1 is 0.862 bits per heavy atom. The van der Waals surface area contributed by atoms with Gasteiger partial charge in [-0.1, -0.05) is 13.8 Å². The summed E-state index contributed by atoms with van der Waals surface area (Å²) >= 11 is 0. The van der Waals surface area contributed by atoms with Crippen LogP contribution in [-0.4, -0.2) is 35.6 Å². The predicted octanol–water partition coefficient (Wildman–Crippen LogP) is 5.18. The fourth-order valence-corrected chi connectivity index (χ4v) is 9.32. The molecule has 0 aromatic rings. The summed E-state index contributed by atoms with van der Waals surface area (Å²) in [6.07, 6.45) is 14.5. The molecule has 5 rings (SSSR count). The Morgan fingerprint density at radius 2 is 1.59 bits per heavy atom. The van der Waals surface area contributed by atoms with Crippen molar-refractivity contribution in [1.29, 1.82) is 0 Å². The highest BCUT2D eigenvalue weighted by Crippen LogP contribution is 2.68. The van der Waals surface area contributed by atoms with E-state index in [2.05, 4.69) is 13.8 Å². The van der Waals surface area contributed by atoms with Crippen molar-refractivity contribution in [3.8, 4) is 0 Å². The molecule has 4 saturated carbocycles. The van der Waals surface area contributed by atoms with Crippen molar-refractivity contribution < 1.29 is 14.9 Å². The van der Waals surface area contributed by atoms with Crippen molar-refractivity contribution in [2.75, 3.05) is 13.2 Å². The van der Waals surface area contributed by atoms with Gasteiger partial charge < -0.3 is 14.9 Å². The van der Waals surface area contributed by atoms with Crippen LogP contribution in [-0.2, 0) is 4.74 Å². The third-order valence-electron chi connectivity index (χ3n) is 11.2. The Bertz CT molecular complexity index is 587. The third-order valence-corrected chi connectivity index (χ3v) is 11.2. The molecule has 166 valence electrons. The zero-order valence-electron chi connectivity index (χ0n) is 18.8. The van der Waals surface area contributed by atoms with E-state index in [9.17, 15) is 10.2 Å². The molecule has 8 unspecified atom stereocenters. The summed E-state index contributed by atoms with van der Waals surface area (Å²) in [7, 11) is 0. The second-order valence-corrected chi connectivity index (χ2v) is 12.2.